The summed E-state index contributed by atoms with van der Waals surface area (Å²) in [4.78, 5) is 18.2. The van der Waals surface area contributed by atoms with Gasteiger partial charge in [-0.25, -0.2) is 9.78 Å². The summed E-state index contributed by atoms with van der Waals surface area (Å²) in [5, 5.41) is 6.98. The fraction of sp³-hybridized carbons (Fsp3) is 0.286. The maximum atomic E-state index is 11.4. The molecular formula is C7H7N5O. The second-order valence-electron chi connectivity index (χ2n) is 2.99. The van der Waals surface area contributed by atoms with E-state index in [1.165, 1.54) is 10.8 Å². The molecule has 2 N–H and O–H groups in total. The van der Waals surface area contributed by atoms with Crippen molar-refractivity contribution in [3.63, 3.8) is 0 Å². The lowest BCUT2D eigenvalue weighted by Gasteiger charge is -1.97. The molecule has 13 heavy (non-hydrogen) atoms. The van der Waals surface area contributed by atoms with E-state index in [-0.39, 0.29) is 5.69 Å². The van der Waals surface area contributed by atoms with Crippen molar-refractivity contribution in [2.24, 2.45) is 0 Å². The van der Waals surface area contributed by atoms with Crippen LogP contribution in [0.5, 0.6) is 0 Å². The largest absolute Gasteiger partial charge is 0.348 e. The van der Waals surface area contributed by atoms with Crippen molar-refractivity contribution in [1.82, 2.24) is 24.9 Å². The van der Waals surface area contributed by atoms with Gasteiger partial charge in [-0.15, -0.1) is 0 Å². The molecule has 0 atom stereocenters. The smallest absolute Gasteiger partial charge is 0.308 e. The fourth-order valence-corrected chi connectivity index (χ4v) is 1.64. The van der Waals surface area contributed by atoms with Crippen LogP contribution in [-0.2, 0) is 13.1 Å². The second kappa shape index (κ2) is 2.17. The van der Waals surface area contributed by atoms with E-state index < -0.39 is 0 Å². The second-order valence-corrected chi connectivity index (χ2v) is 2.99. The van der Waals surface area contributed by atoms with Crippen LogP contribution in [0.1, 0.15) is 11.3 Å². The van der Waals surface area contributed by atoms with Gasteiger partial charge >= 0.3 is 5.69 Å². The highest BCUT2D eigenvalue weighted by Gasteiger charge is 2.17. The Kier molecular flexibility index (Phi) is 1.13. The summed E-state index contributed by atoms with van der Waals surface area (Å²) in [6.45, 7) is 1.45. The lowest BCUT2D eigenvalue weighted by molar-refractivity contribution is 0.756. The minimum atomic E-state index is -0.227. The molecule has 0 bridgehead atoms. The normalized spacial score (nSPS) is 15.1. The Labute approximate surface area is 72.6 Å². The van der Waals surface area contributed by atoms with Crippen molar-refractivity contribution < 1.29 is 0 Å². The van der Waals surface area contributed by atoms with Gasteiger partial charge in [0.1, 0.15) is 6.33 Å². The molecule has 0 spiro atoms. The number of hydrogen-bond donors (Lipinski definition) is 2. The molecule has 0 aliphatic carbocycles. The summed E-state index contributed by atoms with van der Waals surface area (Å²) < 4.78 is 1.28. The van der Waals surface area contributed by atoms with Gasteiger partial charge in [0.25, 0.3) is 0 Å². The number of aromatic amines is 1. The van der Waals surface area contributed by atoms with Crippen molar-refractivity contribution in [3.05, 3.63) is 28.1 Å². The standard InChI is InChI=1S/C7H7N5O/c13-7-11-5-2-8-1-4(5)6-9-3-10-12(6)7/h3,8H,1-2H2,(H,11,13). The van der Waals surface area contributed by atoms with Gasteiger partial charge in [0.2, 0.25) is 0 Å². The first-order chi connectivity index (χ1) is 6.36. The topological polar surface area (TPSA) is 75.1 Å². The zero-order valence-corrected chi connectivity index (χ0v) is 6.74. The fourth-order valence-electron chi connectivity index (χ4n) is 1.64. The first kappa shape index (κ1) is 6.79. The van der Waals surface area contributed by atoms with Crippen LogP contribution in [0.15, 0.2) is 11.1 Å². The summed E-state index contributed by atoms with van der Waals surface area (Å²) in [7, 11) is 0. The molecule has 1 aliphatic heterocycles. The Morgan fingerprint density at radius 1 is 1.46 bits per heavy atom. The summed E-state index contributed by atoms with van der Waals surface area (Å²) >= 11 is 0. The van der Waals surface area contributed by atoms with E-state index in [0.717, 1.165) is 17.8 Å². The van der Waals surface area contributed by atoms with Crippen molar-refractivity contribution in [2.45, 2.75) is 13.1 Å². The maximum absolute atomic E-state index is 11.4. The third-order valence-corrected chi connectivity index (χ3v) is 2.24. The summed E-state index contributed by atoms with van der Waals surface area (Å²) in [5.74, 6) is 0. The van der Waals surface area contributed by atoms with Crippen molar-refractivity contribution in [1.29, 1.82) is 0 Å². The van der Waals surface area contributed by atoms with Gasteiger partial charge < -0.3 is 10.3 Å². The highest BCUT2D eigenvalue weighted by molar-refractivity contribution is 5.49. The van der Waals surface area contributed by atoms with Gasteiger partial charge in [0.15, 0.2) is 5.65 Å². The first-order valence-corrected chi connectivity index (χ1v) is 4.01. The molecule has 0 amide bonds. The van der Waals surface area contributed by atoms with Crippen molar-refractivity contribution >= 4 is 5.65 Å². The minimum absolute atomic E-state index is 0.227. The third kappa shape index (κ3) is 0.775. The molecular weight excluding hydrogens is 170 g/mol. The zero-order valence-electron chi connectivity index (χ0n) is 6.74. The van der Waals surface area contributed by atoms with Crippen LogP contribution in [-0.4, -0.2) is 19.6 Å². The predicted octanol–water partition coefficient (Wildman–Crippen LogP) is -0.979. The van der Waals surface area contributed by atoms with Crippen LogP contribution in [0.4, 0.5) is 0 Å². The molecule has 0 fully saturated rings. The van der Waals surface area contributed by atoms with E-state index in [1.54, 1.807) is 0 Å². The molecule has 3 heterocycles. The van der Waals surface area contributed by atoms with Gasteiger partial charge in [-0.3, -0.25) is 0 Å². The van der Waals surface area contributed by atoms with Gasteiger partial charge in [-0.05, 0) is 0 Å². The van der Waals surface area contributed by atoms with E-state index in [0.29, 0.717) is 12.2 Å². The van der Waals surface area contributed by atoms with Crippen LogP contribution in [0, 0.1) is 0 Å². The number of fused-ring (bicyclic) bond motifs is 3. The van der Waals surface area contributed by atoms with Crippen molar-refractivity contribution in [2.75, 3.05) is 0 Å². The highest BCUT2D eigenvalue weighted by atomic mass is 16.1. The Hall–Kier alpha value is -1.69. The van der Waals surface area contributed by atoms with Crippen LogP contribution in [0.3, 0.4) is 0 Å². The lowest BCUT2D eigenvalue weighted by atomic mass is 10.3. The van der Waals surface area contributed by atoms with E-state index in [4.69, 9.17) is 0 Å². The quantitative estimate of drug-likeness (QED) is 0.542. The average Bonchev–Trinajstić information content (AvgIpc) is 2.66. The molecule has 2 aromatic heterocycles. The monoisotopic (exact) mass is 177 g/mol. The van der Waals surface area contributed by atoms with E-state index in [9.17, 15) is 4.79 Å². The van der Waals surface area contributed by atoms with Crippen molar-refractivity contribution in [3.8, 4) is 0 Å². The van der Waals surface area contributed by atoms with Gasteiger partial charge in [0, 0.05) is 24.3 Å². The van der Waals surface area contributed by atoms with E-state index in [1.807, 2.05) is 0 Å². The van der Waals surface area contributed by atoms with Crippen LogP contribution >= 0.6 is 0 Å². The molecule has 6 heteroatoms. The average molecular weight is 177 g/mol. The molecule has 0 radical (unpaired) electrons. The van der Waals surface area contributed by atoms with Crippen LogP contribution < -0.4 is 11.0 Å². The molecule has 3 rings (SSSR count). The Bertz CT molecular complexity index is 525. The number of nitrogens with one attached hydrogen (secondary N) is 2. The summed E-state index contributed by atoms with van der Waals surface area (Å²) in [5.41, 5.74) is 2.39. The molecule has 0 aromatic carbocycles. The first-order valence-electron chi connectivity index (χ1n) is 4.01. The Morgan fingerprint density at radius 2 is 2.38 bits per heavy atom. The summed E-state index contributed by atoms with van der Waals surface area (Å²) in [6, 6.07) is 0. The number of hydrogen-bond acceptors (Lipinski definition) is 4. The lowest BCUT2D eigenvalue weighted by Crippen LogP contribution is -2.19. The number of H-pyrrole nitrogens is 1. The summed E-state index contributed by atoms with van der Waals surface area (Å²) in [6.07, 6.45) is 1.39. The molecule has 0 saturated carbocycles. The van der Waals surface area contributed by atoms with Gasteiger partial charge in [-0.1, -0.05) is 0 Å². The molecule has 1 aliphatic rings. The minimum Gasteiger partial charge on any atom is -0.308 e. The molecule has 0 unspecified atom stereocenters. The molecule has 6 nitrogen and oxygen atoms in total. The number of aromatic nitrogens is 4. The molecule has 0 saturated heterocycles. The maximum Gasteiger partial charge on any atom is 0.348 e. The van der Waals surface area contributed by atoms with Gasteiger partial charge in [-0.2, -0.15) is 9.61 Å². The SMILES string of the molecule is O=c1[nH]c2c(c3ncnn13)CNC2. The van der Waals surface area contributed by atoms with Crippen LogP contribution in [0.2, 0.25) is 0 Å². The Morgan fingerprint density at radius 3 is 3.31 bits per heavy atom. The van der Waals surface area contributed by atoms with E-state index >= 15 is 0 Å². The predicted molar refractivity (Wildman–Crippen MR) is 44.2 cm³/mol. The Balaban J connectivity index is 2.55. The molecule has 66 valence electrons. The number of nitrogens with zero attached hydrogens (tertiary/aromatic N) is 3. The zero-order chi connectivity index (χ0) is 8.84. The van der Waals surface area contributed by atoms with Crippen LogP contribution in [0.25, 0.3) is 5.65 Å². The van der Waals surface area contributed by atoms with Gasteiger partial charge in [0.05, 0.1) is 0 Å². The third-order valence-electron chi connectivity index (χ3n) is 2.24. The highest BCUT2D eigenvalue weighted by Crippen LogP contribution is 2.14. The molecule has 2 aromatic rings. The van der Waals surface area contributed by atoms with E-state index in [2.05, 4.69) is 20.4 Å². The number of rotatable bonds is 0.